The second-order valence-electron chi connectivity index (χ2n) is 4.40. The van der Waals surface area contributed by atoms with Gasteiger partial charge in [-0.15, -0.1) is 0 Å². The van der Waals surface area contributed by atoms with Crippen molar-refractivity contribution < 1.29 is 9.90 Å². The van der Waals surface area contributed by atoms with Crippen LogP contribution in [0.15, 0.2) is 43.0 Å². The number of carbonyl (C=O) groups excluding carboxylic acids is 1. The predicted octanol–water partition coefficient (Wildman–Crippen LogP) is 1.01. The Hall–Kier alpha value is -2.34. The Balaban J connectivity index is 2.05. The van der Waals surface area contributed by atoms with Gasteiger partial charge in [0.2, 0.25) is 0 Å². The molecule has 0 aliphatic carbocycles. The molecule has 0 atom stereocenters. The number of hydrogen-bond acceptors (Lipinski definition) is 3. The molecule has 0 radical (unpaired) electrons. The minimum absolute atomic E-state index is 0.0461. The van der Waals surface area contributed by atoms with Crippen molar-refractivity contribution in [3.8, 4) is 5.69 Å². The van der Waals surface area contributed by atoms with Crippen LogP contribution < -0.4 is 5.32 Å². The third kappa shape index (κ3) is 3.36. The Morgan fingerprint density at radius 3 is 2.95 bits per heavy atom. The van der Waals surface area contributed by atoms with Gasteiger partial charge >= 0.3 is 6.03 Å². The zero-order chi connectivity index (χ0) is 14.4. The number of hydrogen-bond donors (Lipinski definition) is 2. The van der Waals surface area contributed by atoms with Crippen molar-refractivity contribution in [2.45, 2.75) is 6.54 Å². The molecule has 0 unspecified atom stereocenters. The molecular weight excluding hydrogens is 256 g/mol. The number of aliphatic hydroxyl groups excluding tert-OH is 1. The van der Waals surface area contributed by atoms with Crippen molar-refractivity contribution in [2.75, 3.05) is 20.2 Å². The zero-order valence-corrected chi connectivity index (χ0v) is 11.4. The van der Waals surface area contributed by atoms with Crippen LogP contribution in [0.25, 0.3) is 5.69 Å². The van der Waals surface area contributed by atoms with Crippen molar-refractivity contribution >= 4 is 6.03 Å². The standard InChI is InChI=1S/C14H18N4O2/c1-17(8-9-19)14(20)16-10-12-4-2-3-5-13(12)18-7-6-15-11-18/h2-7,11,19H,8-10H2,1H3,(H,16,20). The molecule has 1 aromatic carbocycles. The highest BCUT2D eigenvalue weighted by atomic mass is 16.3. The molecule has 0 saturated heterocycles. The first-order chi connectivity index (χ1) is 9.72. The number of aliphatic hydroxyl groups is 1. The van der Waals surface area contributed by atoms with E-state index in [1.54, 1.807) is 19.6 Å². The maximum absolute atomic E-state index is 11.8. The Morgan fingerprint density at radius 2 is 2.25 bits per heavy atom. The van der Waals surface area contributed by atoms with Gasteiger partial charge in [0.05, 0.1) is 18.6 Å². The first kappa shape index (κ1) is 14.1. The van der Waals surface area contributed by atoms with Gasteiger partial charge in [0, 0.05) is 32.5 Å². The van der Waals surface area contributed by atoms with Gasteiger partial charge in [0.25, 0.3) is 0 Å². The highest BCUT2D eigenvalue weighted by molar-refractivity contribution is 5.73. The van der Waals surface area contributed by atoms with Crippen LogP contribution >= 0.6 is 0 Å². The lowest BCUT2D eigenvalue weighted by atomic mass is 10.1. The van der Waals surface area contributed by atoms with Gasteiger partial charge in [-0.05, 0) is 11.6 Å². The number of nitrogens with zero attached hydrogens (tertiary/aromatic N) is 3. The highest BCUT2D eigenvalue weighted by Crippen LogP contribution is 2.13. The van der Waals surface area contributed by atoms with Gasteiger partial charge in [0.1, 0.15) is 0 Å². The number of aromatic nitrogens is 2. The number of benzene rings is 1. The molecule has 6 heteroatoms. The number of rotatable bonds is 5. The molecule has 0 saturated carbocycles. The first-order valence-electron chi connectivity index (χ1n) is 6.38. The topological polar surface area (TPSA) is 70.4 Å². The Kier molecular flexibility index (Phi) is 4.73. The van der Waals surface area contributed by atoms with Crippen LogP contribution in [0.3, 0.4) is 0 Å². The largest absolute Gasteiger partial charge is 0.395 e. The SMILES string of the molecule is CN(CCO)C(=O)NCc1ccccc1-n1ccnc1. The lowest BCUT2D eigenvalue weighted by molar-refractivity contribution is 0.190. The van der Waals surface area contributed by atoms with Crippen molar-refractivity contribution in [2.24, 2.45) is 0 Å². The highest BCUT2D eigenvalue weighted by Gasteiger charge is 2.09. The molecule has 2 rings (SSSR count). The summed E-state index contributed by atoms with van der Waals surface area (Å²) < 4.78 is 1.90. The number of amides is 2. The van der Waals surface area contributed by atoms with Gasteiger partial charge in [-0.1, -0.05) is 18.2 Å². The molecule has 2 N–H and O–H groups in total. The zero-order valence-electron chi connectivity index (χ0n) is 11.4. The molecule has 1 heterocycles. The summed E-state index contributed by atoms with van der Waals surface area (Å²) in [7, 11) is 1.65. The number of carbonyl (C=O) groups is 1. The third-order valence-electron chi connectivity index (χ3n) is 2.99. The number of para-hydroxylation sites is 1. The van der Waals surface area contributed by atoms with Gasteiger partial charge in [-0.2, -0.15) is 0 Å². The van der Waals surface area contributed by atoms with Crippen LogP contribution in [0.5, 0.6) is 0 Å². The van der Waals surface area contributed by atoms with E-state index in [4.69, 9.17) is 5.11 Å². The minimum Gasteiger partial charge on any atom is -0.395 e. The van der Waals surface area contributed by atoms with Crippen molar-refractivity contribution in [1.29, 1.82) is 0 Å². The molecule has 20 heavy (non-hydrogen) atoms. The fourth-order valence-corrected chi connectivity index (χ4v) is 1.87. The van der Waals surface area contributed by atoms with Crippen LogP contribution in [0.1, 0.15) is 5.56 Å². The van der Waals surface area contributed by atoms with E-state index >= 15 is 0 Å². The Labute approximate surface area is 117 Å². The van der Waals surface area contributed by atoms with Gasteiger partial charge in [-0.3, -0.25) is 0 Å². The van der Waals surface area contributed by atoms with Crippen LogP contribution in [0.4, 0.5) is 4.79 Å². The summed E-state index contributed by atoms with van der Waals surface area (Å²) in [5.41, 5.74) is 1.98. The monoisotopic (exact) mass is 274 g/mol. The van der Waals surface area contributed by atoms with E-state index in [9.17, 15) is 4.79 Å². The van der Waals surface area contributed by atoms with Gasteiger partial charge in [0.15, 0.2) is 0 Å². The summed E-state index contributed by atoms with van der Waals surface area (Å²) in [6, 6.07) is 7.60. The van der Waals surface area contributed by atoms with Crippen LogP contribution in [0.2, 0.25) is 0 Å². The quantitative estimate of drug-likeness (QED) is 0.854. The van der Waals surface area contributed by atoms with Crippen LogP contribution in [0, 0.1) is 0 Å². The number of nitrogens with one attached hydrogen (secondary N) is 1. The molecule has 1 aromatic heterocycles. The molecule has 0 fully saturated rings. The van der Waals surface area contributed by atoms with Gasteiger partial charge < -0.3 is 19.9 Å². The van der Waals surface area contributed by atoms with E-state index in [1.165, 1.54) is 4.90 Å². The Morgan fingerprint density at radius 1 is 1.45 bits per heavy atom. The Bertz CT molecular complexity index is 554. The molecule has 0 aliphatic heterocycles. The molecule has 106 valence electrons. The molecule has 0 aliphatic rings. The second kappa shape index (κ2) is 6.72. The predicted molar refractivity (Wildman–Crippen MR) is 75.5 cm³/mol. The first-order valence-corrected chi connectivity index (χ1v) is 6.38. The average Bonchev–Trinajstić information content (AvgIpc) is 2.99. The summed E-state index contributed by atoms with van der Waals surface area (Å²) in [4.78, 5) is 17.3. The summed E-state index contributed by atoms with van der Waals surface area (Å²) in [6.07, 6.45) is 5.29. The second-order valence-corrected chi connectivity index (χ2v) is 4.40. The molecule has 6 nitrogen and oxygen atoms in total. The molecular formula is C14H18N4O2. The van der Waals surface area contributed by atoms with E-state index in [1.807, 2.05) is 35.0 Å². The molecule has 0 spiro atoms. The lowest BCUT2D eigenvalue weighted by Crippen LogP contribution is -2.38. The smallest absolute Gasteiger partial charge is 0.317 e. The van der Waals surface area contributed by atoms with E-state index < -0.39 is 0 Å². The number of likely N-dealkylation sites (N-methyl/N-ethyl adjacent to an activating group) is 1. The summed E-state index contributed by atoms with van der Waals surface area (Å²) in [5, 5.41) is 11.6. The van der Waals surface area contributed by atoms with E-state index in [-0.39, 0.29) is 12.6 Å². The average molecular weight is 274 g/mol. The van der Waals surface area contributed by atoms with Crippen LogP contribution in [-0.4, -0.2) is 45.8 Å². The fraction of sp³-hybridized carbons (Fsp3) is 0.286. The maximum Gasteiger partial charge on any atom is 0.317 e. The van der Waals surface area contributed by atoms with Gasteiger partial charge in [-0.25, -0.2) is 9.78 Å². The third-order valence-corrected chi connectivity index (χ3v) is 2.99. The van der Waals surface area contributed by atoms with E-state index in [0.717, 1.165) is 11.3 Å². The fourth-order valence-electron chi connectivity index (χ4n) is 1.87. The summed E-state index contributed by atoms with van der Waals surface area (Å²) in [5.74, 6) is 0. The maximum atomic E-state index is 11.8. The molecule has 2 aromatic rings. The normalized spacial score (nSPS) is 10.3. The van der Waals surface area contributed by atoms with Crippen molar-refractivity contribution in [3.63, 3.8) is 0 Å². The number of urea groups is 1. The minimum atomic E-state index is -0.209. The van der Waals surface area contributed by atoms with E-state index in [2.05, 4.69) is 10.3 Å². The summed E-state index contributed by atoms with van der Waals surface area (Å²) in [6.45, 7) is 0.688. The molecule has 0 bridgehead atoms. The summed E-state index contributed by atoms with van der Waals surface area (Å²) >= 11 is 0. The molecule has 2 amide bonds. The number of imidazole rings is 1. The lowest BCUT2D eigenvalue weighted by Gasteiger charge is -2.17. The van der Waals surface area contributed by atoms with Crippen molar-refractivity contribution in [1.82, 2.24) is 19.8 Å². The van der Waals surface area contributed by atoms with Crippen LogP contribution in [-0.2, 0) is 6.54 Å². The van der Waals surface area contributed by atoms with Crippen molar-refractivity contribution in [3.05, 3.63) is 48.5 Å². The van der Waals surface area contributed by atoms with E-state index in [0.29, 0.717) is 13.1 Å².